The largest absolute Gasteiger partial charge is 0.495 e. The van der Waals surface area contributed by atoms with Gasteiger partial charge in [0.05, 0.1) is 25.3 Å². The maximum atomic E-state index is 12.5. The van der Waals surface area contributed by atoms with Gasteiger partial charge in [0.15, 0.2) is 11.5 Å². The summed E-state index contributed by atoms with van der Waals surface area (Å²) in [6.45, 7) is 2.68. The number of ether oxygens (including phenoxy) is 2. The Morgan fingerprint density at radius 2 is 2.04 bits per heavy atom. The first-order valence-corrected chi connectivity index (χ1v) is 9.15. The smallest absolute Gasteiger partial charge is 0.204 e. The highest BCUT2D eigenvalue weighted by molar-refractivity contribution is 7.17. The topological polar surface area (TPSA) is 51.9 Å². The first-order valence-electron chi connectivity index (χ1n) is 7.89. The Kier molecular flexibility index (Phi) is 4.41. The van der Waals surface area contributed by atoms with Gasteiger partial charge in [-0.1, -0.05) is 17.7 Å². The molecular formula is C18H16ClNO4S. The summed E-state index contributed by atoms with van der Waals surface area (Å²) in [5, 5.41) is 2.45. The van der Waals surface area contributed by atoms with Crippen molar-refractivity contribution in [3.8, 4) is 16.9 Å². The first-order chi connectivity index (χ1) is 12.2. The Labute approximate surface area is 153 Å². The van der Waals surface area contributed by atoms with Crippen molar-refractivity contribution in [2.45, 2.75) is 0 Å². The van der Waals surface area contributed by atoms with Crippen molar-refractivity contribution in [1.82, 2.24) is 0 Å². The van der Waals surface area contributed by atoms with Gasteiger partial charge in [0.2, 0.25) is 5.43 Å². The van der Waals surface area contributed by atoms with Gasteiger partial charge in [-0.15, -0.1) is 11.3 Å². The van der Waals surface area contributed by atoms with Crippen LogP contribution in [0.5, 0.6) is 5.75 Å². The molecule has 1 aromatic carbocycles. The summed E-state index contributed by atoms with van der Waals surface area (Å²) in [5.41, 5.74) is 2.31. The Morgan fingerprint density at radius 3 is 2.76 bits per heavy atom. The van der Waals surface area contributed by atoms with Crippen LogP contribution in [0.1, 0.15) is 0 Å². The quantitative estimate of drug-likeness (QED) is 0.690. The fourth-order valence-electron chi connectivity index (χ4n) is 2.90. The monoisotopic (exact) mass is 377 g/mol. The van der Waals surface area contributed by atoms with Gasteiger partial charge in [-0.25, -0.2) is 0 Å². The molecule has 0 amide bonds. The Balaban J connectivity index is 1.83. The third-order valence-electron chi connectivity index (χ3n) is 4.22. The number of fused-ring (bicyclic) bond motifs is 1. The van der Waals surface area contributed by atoms with Crippen LogP contribution < -0.4 is 15.1 Å². The second-order valence-corrected chi connectivity index (χ2v) is 6.99. The second kappa shape index (κ2) is 6.71. The third-order valence-corrected chi connectivity index (χ3v) is 5.49. The number of hydrogen-bond acceptors (Lipinski definition) is 6. The van der Waals surface area contributed by atoms with Crippen LogP contribution in [0.25, 0.3) is 21.4 Å². The van der Waals surface area contributed by atoms with E-state index >= 15 is 0 Å². The van der Waals surface area contributed by atoms with E-state index in [1.807, 2.05) is 28.5 Å². The van der Waals surface area contributed by atoms with Crippen molar-refractivity contribution in [3.63, 3.8) is 0 Å². The SMILES string of the molecule is COc1ccc(-c2csc3c(=O)cc(N4CCOCC4)oc23)cc1Cl. The Bertz CT molecular complexity index is 975. The number of anilines is 1. The lowest BCUT2D eigenvalue weighted by atomic mass is 10.1. The highest BCUT2D eigenvalue weighted by Gasteiger charge is 2.19. The zero-order chi connectivity index (χ0) is 17.4. The minimum atomic E-state index is -0.0291. The van der Waals surface area contributed by atoms with Crippen LogP contribution in [-0.4, -0.2) is 33.4 Å². The van der Waals surface area contributed by atoms with E-state index < -0.39 is 0 Å². The van der Waals surface area contributed by atoms with E-state index in [1.54, 1.807) is 13.2 Å². The molecule has 1 fully saturated rings. The number of hydrogen-bond donors (Lipinski definition) is 0. The number of halogens is 1. The van der Waals surface area contributed by atoms with Gasteiger partial charge in [0.25, 0.3) is 0 Å². The maximum Gasteiger partial charge on any atom is 0.204 e. The second-order valence-electron chi connectivity index (χ2n) is 5.71. The van der Waals surface area contributed by atoms with Gasteiger partial charge in [0.1, 0.15) is 10.4 Å². The molecule has 1 aliphatic rings. The van der Waals surface area contributed by atoms with Crippen LogP contribution in [0.15, 0.2) is 38.9 Å². The zero-order valence-corrected chi connectivity index (χ0v) is 15.2. The number of rotatable bonds is 3. The average molecular weight is 378 g/mol. The molecule has 0 N–H and O–H groups in total. The number of nitrogens with zero attached hydrogens (tertiary/aromatic N) is 1. The normalized spacial score (nSPS) is 14.9. The summed E-state index contributed by atoms with van der Waals surface area (Å²) in [7, 11) is 1.58. The van der Waals surface area contributed by atoms with Gasteiger partial charge in [0, 0.05) is 30.1 Å². The van der Waals surface area contributed by atoms with Crippen LogP contribution in [0.4, 0.5) is 5.88 Å². The molecule has 130 valence electrons. The molecule has 3 aromatic rings. The molecule has 4 rings (SSSR count). The summed E-state index contributed by atoms with van der Waals surface area (Å²) in [4.78, 5) is 14.5. The number of thiophene rings is 1. The summed E-state index contributed by atoms with van der Waals surface area (Å²) in [6, 6.07) is 7.11. The molecule has 0 unspecified atom stereocenters. The van der Waals surface area contributed by atoms with Crippen molar-refractivity contribution in [2.24, 2.45) is 0 Å². The highest BCUT2D eigenvalue weighted by Crippen LogP contribution is 2.37. The molecule has 2 aromatic heterocycles. The Hall–Kier alpha value is -2.02. The summed E-state index contributed by atoms with van der Waals surface area (Å²) < 4.78 is 17.3. The average Bonchev–Trinajstić information content (AvgIpc) is 3.07. The van der Waals surface area contributed by atoms with E-state index in [1.165, 1.54) is 11.3 Å². The van der Waals surface area contributed by atoms with Gasteiger partial charge in [-0.05, 0) is 17.7 Å². The van der Waals surface area contributed by atoms with Crippen LogP contribution in [0.2, 0.25) is 5.02 Å². The highest BCUT2D eigenvalue weighted by atomic mass is 35.5. The van der Waals surface area contributed by atoms with Crippen molar-refractivity contribution in [1.29, 1.82) is 0 Å². The fraction of sp³-hybridized carbons (Fsp3) is 0.278. The molecule has 5 nitrogen and oxygen atoms in total. The van der Waals surface area contributed by atoms with Crippen molar-refractivity contribution in [3.05, 3.63) is 44.9 Å². The Morgan fingerprint density at radius 1 is 1.24 bits per heavy atom. The van der Waals surface area contributed by atoms with E-state index in [0.717, 1.165) is 11.1 Å². The van der Waals surface area contributed by atoms with Crippen LogP contribution in [0.3, 0.4) is 0 Å². The van der Waals surface area contributed by atoms with E-state index in [0.29, 0.717) is 53.2 Å². The lowest BCUT2D eigenvalue weighted by Gasteiger charge is -2.27. The summed E-state index contributed by atoms with van der Waals surface area (Å²) in [6.07, 6.45) is 0. The van der Waals surface area contributed by atoms with Crippen molar-refractivity contribution in [2.75, 3.05) is 38.3 Å². The van der Waals surface area contributed by atoms with Crippen molar-refractivity contribution < 1.29 is 13.9 Å². The van der Waals surface area contributed by atoms with Gasteiger partial charge in [-0.2, -0.15) is 0 Å². The fourth-order valence-corrected chi connectivity index (χ4v) is 4.07. The summed E-state index contributed by atoms with van der Waals surface area (Å²) >= 11 is 7.63. The molecule has 0 bridgehead atoms. The molecule has 0 atom stereocenters. The molecule has 0 radical (unpaired) electrons. The number of benzene rings is 1. The third kappa shape index (κ3) is 3.01. The molecule has 1 aliphatic heterocycles. The molecule has 1 saturated heterocycles. The molecule has 0 saturated carbocycles. The van der Waals surface area contributed by atoms with E-state index in [9.17, 15) is 4.79 Å². The minimum absolute atomic E-state index is 0.0291. The molecular weight excluding hydrogens is 362 g/mol. The molecule has 25 heavy (non-hydrogen) atoms. The number of morpholine rings is 1. The first kappa shape index (κ1) is 16.4. The molecule has 3 heterocycles. The van der Waals surface area contributed by atoms with E-state index in [4.69, 9.17) is 25.5 Å². The zero-order valence-electron chi connectivity index (χ0n) is 13.6. The van der Waals surface area contributed by atoms with E-state index in [2.05, 4.69) is 0 Å². The van der Waals surface area contributed by atoms with Gasteiger partial charge >= 0.3 is 0 Å². The predicted molar refractivity (Wildman–Crippen MR) is 100 cm³/mol. The molecule has 0 aliphatic carbocycles. The van der Waals surface area contributed by atoms with Crippen LogP contribution in [0, 0.1) is 0 Å². The number of methoxy groups -OCH3 is 1. The lowest BCUT2D eigenvalue weighted by Crippen LogP contribution is -2.36. The predicted octanol–water partition coefficient (Wildman–Crippen LogP) is 4.02. The van der Waals surface area contributed by atoms with Crippen LogP contribution in [-0.2, 0) is 4.74 Å². The lowest BCUT2D eigenvalue weighted by molar-refractivity contribution is 0.121. The standard InChI is InChI=1S/C18H16ClNO4S/c1-22-15-3-2-11(8-13(15)19)12-10-25-18-14(21)9-16(24-17(12)18)20-4-6-23-7-5-20/h2-3,8-10H,4-7H2,1H3. The maximum absolute atomic E-state index is 12.5. The minimum Gasteiger partial charge on any atom is -0.495 e. The summed E-state index contributed by atoms with van der Waals surface area (Å²) in [5.74, 6) is 1.19. The van der Waals surface area contributed by atoms with Gasteiger partial charge in [-0.3, -0.25) is 4.79 Å². The molecule has 7 heteroatoms. The molecule has 0 spiro atoms. The van der Waals surface area contributed by atoms with Crippen molar-refractivity contribution >= 4 is 39.1 Å². The van der Waals surface area contributed by atoms with Gasteiger partial charge < -0.3 is 18.8 Å². The van der Waals surface area contributed by atoms with Crippen LogP contribution >= 0.6 is 22.9 Å². The van der Waals surface area contributed by atoms with E-state index in [-0.39, 0.29) is 5.43 Å².